The number of hydrogen-bond acceptors (Lipinski definition) is 4. The van der Waals surface area contributed by atoms with Gasteiger partial charge in [0.05, 0.1) is 10.7 Å². The molecule has 0 aliphatic carbocycles. The highest BCUT2D eigenvalue weighted by molar-refractivity contribution is 6.36. The zero-order chi connectivity index (χ0) is 20.4. The van der Waals surface area contributed by atoms with Crippen molar-refractivity contribution in [1.82, 2.24) is 15.0 Å². The van der Waals surface area contributed by atoms with Crippen molar-refractivity contribution in [1.29, 1.82) is 0 Å². The second-order valence-electron chi connectivity index (χ2n) is 6.72. The topological polar surface area (TPSA) is 71.3 Å². The quantitative estimate of drug-likeness (QED) is 0.553. The van der Waals surface area contributed by atoms with Crippen LogP contribution in [0, 0.1) is 5.82 Å². The molecule has 1 atom stereocenters. The predicted octanol–water partition coefficient (Wildman–Crippen LogP) is 5.94. The van der Waals surface area contributed by atoms with Gasteiger partial charge >= 0.3 is 6.03 Å². The molecule has 2 amide bonds. The van der Waals surface area contributed by atoms with Crippen LogP contribution in [0.15, 0.2) is 47.0 Å². The SMILES string of the molecule is O=C(Nc1ccc(Cl)cc1Cl)N1CCCCC1c1nc(-c2ccc(F)cc2)no1. The Hall–Kier alpha value is -2.64. The van der Waals surface area contributed by atoms with E-state index in [-0.39, 0.29) is 17.9 Å². The van der Waals surface area contributed by atoms with E-state index in [1.54, 1.807) is 35.2 Å². The number of anilines is 1. The maximum absolute atomic E-state index is 13.1. The van der Waals surface area contributed by atoms with Crippen LogP contribution in [-0.4, -0.2) is 27.6 Å². The molecule has 1 aromatic heterocycles. The third kappa shape index (κ3) is 4.36. The molecule has 4 rings (SSSR count). The van der Waals surface area contributed by atoms with Crippen LogP contribution in [0.3, 0.4) is 0 Å². The van der Waals surface area contributed by atoms with Gasteiger partial charge in [0.1, 0.15) is 11.9 Å². The highest BCUT2D eigenvalue weighted by Crippen LogP contribution is 2.33. The Morgan fingerprint density at radius 3 is 2.72 bits per heavy atom. The smallest absolute Gasteiger partial charge is 0.322 e. The van der Waals surface area contributed by atoms with Crippen LogP contribution in [0.1, 0.15) is 31.2 Å². The van der Waals surface area contributed by atoms with Crippen LogP contribution < -0.4 is 5.32 Å². The van der Waals surface area contributed by atoms with Gasteiger partial charge in [-0.3, -0.25) is 0 Å². The minimum atomic E-state index is -0.350. The van der Waals surface area contributed by atoms with Crippen LogP contribution >= 0.6 is 23.2 Å². The van der Waals surface area contributed by atoms with E-state index in [9.17, 15) is 9.18 Å². The Morgan fingerprint density at radius 2 is 1.97 bits per heavy atom. The van der Waals surface area contributed by atoms with Crippen LogP contribution in [-0.2, 0) is 0 Å². The first kappa shape index (κ1) is 19.7. The molecular weight excluding hydrogens is 418 g/mol. The molecule has 2 aromatic carbocycles. The molecule has 1 N–H and O–H groups in total. The maximum Gasteiger partial charge on any atom is 0.322 e. The van der Waals surface area contributed by atoms with Crippen LogP contribution in [0.25, 0.3) is 11.4 Å². The summed E-state index contributed by atoms with van der Waals surface area (Å²) in [6, 6.07) is 10.1. The Bertz CT molecular complexity index is 1030. The Labute approximate surface area is 176 Å². The number of halogens is 3. The number of carbonyl (C=O) groups excluding carboxylic acids is 1. The Morgan fingerprint density at radius 1 is 1.17 bits per heavy atom. The van der Waals surface area contributed by atoms with Gasteiger partial charge in [0.2, 0.25) is 11.7 Å². The average Bonchev–Trinajstić information content (AvgIpc) is 3.20. The summed E-state index contributed by atoms with van der Waals surface area (Å²) in [5.41, 5.74) is 1.11. The zero-order valence-corrected chi connectivity index (χ0v) is 16.8. The third-order valence-corrected chi connectivity index (χ3v) is 5.31. The monoisotopic (exact) mass is 434 g/mol. The summed E-state index contributed by atoms with van der Waals surface area (Å²) in [5, 5.41) is 7.65. The van der Waals surface area contributed by atoms with E-state index in [1.165, 1.54) is 12.1 Å². The van der Waals surface area contributed by atoms with E-state index in [2.05, 4.69) is 15.5 Å². The standard InChI is InChI=1S/C20H17Cl2FN4O2/c21-13-6-9-16(15(22)11-13)24-20(28)27-10-2-1-3-17(27)19-25-18(26-29-19)12-4-7-14(23)8-5-12/h4-9,11,17H,1-3,10H2,(H,24,28). The van der Waals surface area contributed by atoms with E-state index < -0.39 is 0 Å². The highest BCUT2D eigenvalue weighted by Gasteiger charge is 2.32. The number of aromatic nitrogens is 2. The molecular formula is C20H17Cl2FN4O2. The van der Waals surface area contributed by atoms with Crippen molar-refractivity contribution in [3.8, 4) is 11.4 Å². The number of likely N-dealkylation sites (tertiary alicyclic amines) is 1. The van der Waals surface area contributed by atoms with Gasteiger partial charge in [0.25, 0.3) is 0 Å². The third-order valence-electron chi connectivity index (χ3n) is 4.77. The molecule has 3 aromatic rings. The van der Waals surface area contributed by atoms with Crippen molar-refractivity contribution < 1.29 is 13.7 Å². The van der Waals surface area contributed by atoms with E-state index in [0.717, 1.165) is 12.8 Å². The van der Waals surface area contributed by atoms with Gasteiger partial charge in [-0.1, -0.05) is 28.4 Å². The summed E-state index contributed by atoms with van der Waals surface area (Å²) in [4.78, 5) is 19.0. The number of nitrogens with one attached hydrogen (secondary N) is 1. The van der Waals surface area contributed by atoms with Gasteiger partial charge < -0.3 is 14.7 Å². The minimum Gasteiger partial charge on any atom is -0.337 e. The molecule has 29 heavy (non-hydrogen) atoms. The molecule has 1 aliphatic rings. The largest absolute Gasteiger partial charge is 0.337 e. The van der Waals surface area contributed by atoms with Gasteiger partial charge in [0, 0.05) is 17.1 Å². The fraction of sp³-hybridized carbons (Fsp3) is 0.250. The van der Waals surface area contributed by atoms with Gasteiger partial charge in [-0.05, 0) is 61.7 Å². The van der Waals surface area contributed by atoms with E-state index in [0.29, 0.717) is 46.0 Å². The van der Waals surface area contributed by atoms with Crippen molar-refractivity contribution in [2.45, 2.75) is 25.3 Å². The summed E-state index contributed by atoms with van der Waals surface area (Å²) in [7, 11) is 0. The van der Waals surface area contributed by atoms with Crippen molar-refractivity contribution in [2.24, 2.45) is 0 Å². The second-order valence-corrected chi connectivity index (χ2v) is 7.57. The number of benzene rings is 2. The molecule has 6 nitrogen and oxygen atoms in total. The molecule has 0 bridgehead atoms. The van der Waals surface area contributed by atoms with Gasteiger partial charge in [0.15, 0.2) is 0 Å². The molecule has 0 spiro atoms. The normalized spacial score (nSPS) is 16.7. The molecule has 9 heteroatoms. The predicted molar refractivity (Wildman–Crippen MR) is 108 cm³/mol. The number of hydrogen-bond donors (Lipinski definition) is 1. The number of amides is 2. The first-order valence-electron chi connectivity index (χ1n) is 9.13. The molecule has 1 unspecified atom stereocenters. The van der Waals surface area contributed by atoms with Crippen molar-refractivity contribution in [2.75, 3.05) is 11.9 Å². The van der Waals surface area contributed by atoms with Gasteiger partial charge in [-0.15, -0.1) is 0 Å². The second kappa shape index (κ2) is 8.39. The van der Waals surface area contributed by atoms with Crippen LogP contribution in [0.2, 0.25) is 10.0 Å². The van der Waals surface area contributed by atoms with Crippen molar-refractivity contribution in [3.63, 3.8) is 0 Å². The lowest BCUT2D eigenvalue weighted by Gasteiger charge is -2.33. The van der Waals surface area contributed by atoms with E-state index in [1.807, 2.05) is 0 Å². The zero-order valence-electron chi connectivity index (χ0n) is 15.2. The fourth-order valence-electron chi connectivity index (χ4n) is 3.30. The summed E-state index contributed by atoms with van der Waals surface area (Å²) < 4.78 is 18.6. The van der Waals surface area contributed by atoms with Crippen molar-refractivity contribution in [3.05, 3.63) is 64.2 Å². The van der Waals surface area contributed by atoms with Crippen molar-refractivity contribution >= 4 is 34.9 Å². The molecule has 1 aliphatic heterocycles. The number of carbonyl (C=O) groups is 1. The van der Waals surface area contributed by atoms with Crippen LogP contribution in [0.5, 0.6) is 0 Å². The molecule has 0 radical (unpaired) electrons. The van der Waals surface area contributed by atoms with Crippen LogP contribution in [0.4, 0.5) is 14.9 Å². The lowest BCUT2D eigenvalue weighted by Crippen LogP contribution is -2.41. The van der Waals surface area contributed by atoms with E-state index in [4.69, 9.17) is 27.7 Å². The van der Waals surface area contributed by atoms with Gasteiger partial charge in [-0.2, -0.15) is 4.98 Å². The number of rotatable bonds is 3. The average molecular weight is 435 g/mol. The summed E-state index contributed by atoms with van der Waals surface area (Å²) in [5.74, 6) is 0.363. The van der Waals surface area contributed by atoms with E-state index >= 15 is 0 Å². The first-order valence-corrected chi connectivity index (χ1v) is 9.89. The molecule has 0 saturated carbocycles. The number of nitrogens with zero attached hydrogens (tertiary/aromatic N) is 3. The first-order chi connectivity index (χ1) is 14.0. The molecule has 1 fully saturated rings. The lowest BCUT2D eigenvalue weighted by molar-refractivity contribution is 0.142. The molecule has 1 saturated heterocycles. The maximum atomic E-state index is 13.1. The summed E-state index contributed by atoms with van der Waals surface area (Å²) in [6.45, 7) is 0.552. The number of piperidine rings is 1. The number of urea groups is 1. The van der Waals surface area contributed by atoms with Gasteiger partial charge in [-0.25, -0.2) is 9.18 Å². The fourth-order valence-corrected chi connectivity index (χ4v) is 3.75. The highest BCUT2D eigenvalue weighted by atomic mass is 35.5. The minimum absolute atomic E-state index is 0.305. The lowest BCUT2D eigenvalue weighted by atomic mass is 10.0. The summed E-state index contributed by atoms with van der Waals surface area (Å²) in [6.07, 6.45) is 2.51. The molecule has 150 valence electrons. The Kier molecular flexibility index (Phi) is 5.69. The molecule has 2 heterocycles. The summed E-state index contributed by atoms with van der Waals surface area (Å²) >= 11 is 12.1. The Balaban J connectivity index is 1.54.